The molecule has 0 fully saturated rings. The number of fused-ring (bicyclic) bond motifs is 1. The normalized spacial score (nSPS) is 11.0. The fraction of sp³-hybridized carbons (Fsp3) is 0.176. The summed E-state index contributed by atoms with van der Waals surface area (Å²) in [6, 6.07) is 10.7. The van der Waals surface area contributed by atoms with E-state index in [2.05, 4.69) is 0 Å². The second kappa shape index (κ2) is 5.05. The Balaban J connectivity index is 1.82. The van der Waals surface area contributed by atoms with Crippen LogP contribution < -0.4 is 0 Å². The molecule has 0 saturated heterocycles. The topological polar surface area (TPSA) is 60.4 Å². The first-order chi connectivity index (χ1) is 10.0. The molecule has 0 aliphatic heterocycles. The van der Waals surface area contributed by atoms with Gasteiger partial charge in [0.25, 0.3) is 0 Å². The highest BCUT2D eigenvalue weighted by Crippen LogP contribution is 2.21. The lowest BCUT2D eigenvalue weighted by Crippen LogP contribution is -2.08. The lowest BCUT2D eigenvalue weighted by Gasteiger charge is -1.97. The first kappa shape index (κ1) is 13.4. The van der Waals surface area contributed by atoms with E-state index in [1.54, 1.807) is 32.0 Å². The molecule has 0 bridgehead atoms. The summed E-state index contributed by atoms with van der Waals surface area (Å²) in [5.41, 5.74) is 1.10. The van der Waals surface area contributed by atoms with Crippen LogP contribution in [-0.2, 0) is 0 Å². The minimum Gasteiger partial charge on any atom is -0.466 e. The van der Waals surface area contributed by atoms with Gasteiger partial charge in [0.05, 0.1) is 12.0 Å². The van der Waals surface area contributed by atoms with E-state index in [-0.39, 0.29) is 23.7 Å². The van der Waals surface area contributed by atoms with Gasteiger partial charge in [-0.1, -0.05) is 18.2 Å². The van der Waals surface area contributed by atoms with E-state index in [4.69, 9.17) is 8.83 Å². The van der Waals surface area contributed by atoms with Crippen molar-refractivity contribution in [2.24, 2.45) is 0 Å². The molecule has 0 radical (unpaired) electrons. The zero-order chi connectivity index (χ0) is 15.0. The van der Waals surface area contributed by atoms with Crippen LogP contribution in [0.5, 0.6) is 0 Å². The average molecular weight is 282 g/mol. The molecule has 0 atom stereocenters. The van der Waals surface area contributed by atoms with Crippen molar-refractivity contribution in [2.45, 2.75) is 20.3 Å². The van der Waals surface area contributed by atoms with Crippen molar-refractivity contribution in [3.8, 4) is 0 Å². The summed E-state index contributed by atoms with van der Waals surface area (Å²) in [7, 11) is 0. The van der Waals surface area contributed by atoms with Gasteiger partial charge in [-0.05, 0) is 32.0 Å². The van der Waals surface area contributed by atoms with E-state index in [1.165, 1.54) is 0 Å². The SMILES string of the molecule is Cc1cc(C(=O)CC(=O)c2cc3ccccc3o2)c(C)o1. The van der Waals surface area contributed by atoms with E-state index in [1.807, 2.05) is 18.2 Å². The number of rotatable bonds is 4. The maximum atomic E-state index is 12.2. The molecule has 2 heterocycles. The third-order valence-corrected chi connectivity index (χ3v) is 3.36. The maximum Gasteiger partial charge on any atom is 0.205 e. The Morgan fingerprint density at radius 3 is 2.43 bits per heavy atom. The van der Waals surface area contributed by atoms with Gasteiger partial charge in [0.15, 0.2) is 11.5 Å². The lowest BCUT2D eigenvalue weighted by molar-refractivity contribution is 0.0878. The van der Waals surface area contributed by atoms with Gasteiger partial charge in [0, 0.05) is 5.39 Å². The predicted molar refractivity (Wildman–Crippen MR) is 77.7 cm³/mol. The number of benzene rings is 1. The number of para-hydroxylation sites is 1. The molecule has 4 nitrogen and oxygen atoms in total. The summed E-state index contributed by atoms with van der Waals surface area (Å²) < 4.78 is 10.8. The van der Waals surface area contributed by atoms with Crippen molar-refractivity contribution in [3.63, 3.8) is 0 Å². The highest BCUT2D eigenvalue weighted by molar-refractivity contribution is 6.13. The van der Waals surface area contributed by atoms with Gasteiger partial charge >= 0.3 is 0 Å². The zero-order valence-electron chi connectivity index (χ0n) is 11.8. The number of hydrogen-bond donors (Lipinski definition) is 0. The molecular formula is C17H14O4. The number of carbonyl (C=O) groups excluding carboxylic acids is 2. The molecule has 0 spiro atoms. The van der Waals surface area contributed by atoms with Crippen molar-refractivity contribution in [1.29, 1.82) is 0 Å². The van der Waals surface area contributed by atoms with Crippen LogP contribution in [0.15, 0.2) is 45.2 Å². The lowest BCUT2D eigenvalue weighted by atomic mass is 10.1. The van der Waals surface area contributed by atoms with E-state index in [9.17, 15) is 9.59 Å². The largest absolute Gasteiger partial charge is 0.466 e. The van der Waals surface area contributed by atoms with Gasteiger partial charge in [-0.25, -0.2) is 0 Å². The molecule has 3 aromatic rings. The summed E-state index contributed by atoms with van der Waals surface area (Å²) in [4.78, 5) is 24.3. The molecule has 4 heteroatoms. The first-order valence-electron chi connectivity index (χ1n) is 6.66. The van der Waals surface area contributed by atoms with E-state index in [0.29, 0.717) is 22.7 Å². The second-order valence-electron chi connectivity index (χ2n) is 5.00. The minimum atomic E-state index is -0.325. The average Bonchev–Trinajstić information content (AvgIpc) is 3.01. The van der Waals surface area contributed by atoms with Crippen molar-refractivity contribution < 1.29 is 18.4 Å². The van der Waals surface area contributed by atoms with Crippen LogP contribution >= 0.6 is 0 Å². The van der Waals surface area contributed by atoms with Gasteiger partial charge in [0.1, 0.15) is 17.1 Å². The number of hydrogen-bond acceptors (Lipinski definition) is 4. The van der Waals surface area contributed by atoms with Crippen LogP contribution in [0.3, 0.4) is 0 Å². The van der Waals surface area contributed by atoms with Crippen molar-refractivity contribution in [1.82, 2.24) is 0 Å². The number of aryl methyl sites for hydroxylation is 2. The van der Waals surface area contributed by atoms with Crippen LogP contribution in [0.4, 0.5) is 0 Å². The Labute approximate surface area is 121 Å². The standard InChI is InChI=1S/C17H14O4/c1-10-7-13(11(2)20-10)14(18)9-15(19)17-8-12-5-3-4-6-16(12)21-17/h3-8H,9H2,1-2H3. The minimum absolute atomic E-state index is 0.211. The van der Waals surface area contributed by atoms with Crippen molar-refractivity contribution >= 4 is 22.5 Å². The Morgan fingerprint density at radius 1 is 1.00 bits per heavy atom. The molecule has 3 rings (SSSR count). The quantitative estimate of drug-likeness (QED) is 0.534. The zero-order valence-corrected chi connectivity index (χ0v) is 11.8. The molecule has 0 N–H and O–H groups in total. The first-order valence-corrected chi connectivity index (χ1v) is 6.66. The van der Waals surface area contributed by atoms with Crippen molar-refractivity contribution in [2.75, 3.05) is 0 Å². The highest BCUT2D eigenvalue weighted by atomic mass is 16.3. The summed E-state index contributed by atoms with van der Waals surface area (Å²) in [6.45, 7) is 3.48. The molecule has 0 amide bonds. The maximum absolute atomic E-state index is 12.2. The highest BCUT2D eigenvalue weighted by Gasteiger charge is 2.20. The van der Waals surface area contributed by atoms with E-state index < -0.39 is 0 Å². The van der Waals surface area contributed by atoms with Crippen molar-refractivity contribution in [3.05, 3.63) is 59.2 Å². The van der Waals surface area contributed by atoms with Crippen LogP contribution in [0, 0.1) is 13.8 Å². The van der Waals surface area contributed by atoms with Gasteiger partial charge in [-0.2, -0.15) is 0 Å². The summed E-state index contributed by atoms with van der Waals surface area (Å²) in [5.74, 6) is 0.827. The third-order valence-electron chi connectivity index (χ3n) is 3.36. The summed E-state index contributed by atoms with van der Waals surface area (Å²) in [5, 5.41) is 0.851. The Morgan fingerprint density at radius 2 is 1.76 bits per heavy atom. The van der Waals surface area contributed by atoms with Gasteiger partial charge in [0.2, 0.25) is 5.78 Å². The van der Waals surface area contributed by atoms with Crippen LogP contribution in [0.25, 0.3) is 11.0 Å². The van der Waals surface area contributed by atoms with Gasteiger partial charge in [-0.3, -0.25) is 9.59 Å². The number of ketones is 2. The smallest absolute Gasteiger partial charge is 0.205 e. The van der Waals surface area contributed by atoms with Crippen LogP contribution in [0.1, 0.15) is 38.9 Å². The predicted octanol–water partition coefficient (Wildman–Crippen LogP) is 4.10. The molecule has 0 aliphatic rings. The van der Waals surface area contributed by atoms with Crippen LogP contribution in [-0.4, -0.2) is 11.6 Å². The number of furan rings is 2. The van der Waals surface area contributed by atoms with Gasteiger partial charge in [-0.15, -0.1) is 0 Å². The fourth-order valence-corrected chi connectivity index (χ4v) is 2.36. The van der Waals surface area contributed by atoms with Crippen LogP contribution in [0.2, 0.25) is 0 Å². The van der Waals surface area contributed by atoms with E-state index >= 15 is 0 Å². The molecule has 0 saturated carbocycles. The molecule has 0 aliphatic carbocycles. The molecule has 21 heavy (non-hydrogen) atoms. The molecule has 0 unspecified atom stereocenters. The fourth-order valence-electron chi connectivity index (χ4n) is 2.36. The molecule has 1 aromatic carbocycles. The Hall–Kier alpha value is -2.62. The molecule has 106 valence electrons. The Bertz CT molecular complexity index is 802. The monoisotopic (exact) mass is 282 g/mol. The Kier molecular flexibility index (Phi) is 3.22. The second-order valence-corrected chi connectivity index (χ2v) is 5.00. The number of carbonyl (C=O) groups is 2. The van der Waals surface area contributed by atoms with Gasteiger partial charge < -0.3 is 8.83 Å². The summed E-state index contributed by atoms with van der Waals surface area (Å²) in [6.07, 6.45) is -0.223. The number of Topliss-reactive ketones (excluding diaryl/α,β-unsaturated/α-hetero) is 2. The molecular weight excluding hydrogens is 268 g/mol. The third kappa shape index (κ3) is 2.52. The summed E-state index contributed by atoms with van der Waals surface area (Å²) >= 11 is 0. The van der Waals surface area contributed by atoms with E-state index in [0.717, 1.165) is 5.39 Å². The molecule has 2 aromatic heterocycles.